The van der Waals surface area contributed by atoms with Gasteiger partial charge in [-0.25, -0.2) is 0 Å². The van der Waals surface area contributed by atoms with E-state index in [4.69, 9.17) is 18.5 Å². The maximum atomic E-state index is 5.91. The first-order valence-electron chi connectivity index (χ1n) is 9.65. The molecule has 146 valence electrons. The topological polar surface area (TPSA) is 70.5 Å². The predicted octanol–water partition coefficient (Wildman–Crippen LogP) is 5.17. The molecule has 0 saturated heterocycles. The molecule has 4 aromatic rings. The molecule has 0 amide bonds. The molecular formula is C22H24N2O4. The summed E-state index contributed by atoms with van der Waals surface area (Å²) in [4.78, 5) is 0. The Balaban J connectivity index is 1.42. The normalized spacial score (nSPS) is 11.4. The van der Waals surface area contributed by atoms with E-state index in [1.54, 1.807) is 0 Å². The van der Waals surface area contributed by atoms with Gasteiger partial charge in [0.1, 0.15) is 24.7 Å². The van der Waals surface area contributed by atoms with E-state index in [0.29, 0.717) is 13.2 Å². The summed E-state index contributed by atoms with van der Waals surface area (Å²) in [5, 5.41) is 10.3. The summed E-state index contributed by atoms with van der Waals surface area (Å²) in [6, 6.07) is 7.93. The van der Waals surface area contributed by atoms with Crippen LogP contribution in [0.3, 0.4) is 0 Å². The van der Waals surface area contributed by atoms with Gasteiger partial charge in [0, 0.05) is 21.9 Å². The summed E-state index contributed by atoms with van der Waals surface area (Å²) in [5.74, 6) is 1.56. The zero-order valence-corrected chi connectivity index (χ0v) is 16.7. The van der Waals surface area contributed by atoms with Crippen LogP contribution in [0.15, 0.2) is 33.3 Å². The molecule has 0 unspecified atom stereocenters. The lowest BCUT2D eigenvalue weighted by atomic mass is 10.1. The summed E-state index contributed by atoms with van der Waals surface area (Å²) in [5.41, 5.74) is 5.42. The maximum absolute atomic E-state index is 5.91. The molecule has 0 N–H and O–H groups in total. The highest BCUT2D eigenvalue weighted by atomic mass is 16.5. The van der Waals surface area contributed by atoms with E-state index in [1.807, 2.05) is 38.1 Å². The fourth-order valence-corrected chi connectivity index (χ4v) is 3.46. The van der Waals surface area contributed by atoms with Crippen LogP contribution in [0.5, 0.6) is 11.5 Å². The summed E-state index contributed by atoms with van der Waals surface area (Å²) in [7, 11) is 0. The molecule has 0 saturated carbocycles. The van der Waals surface area contributed by atoms with Crippen LogP contribution in [-0.4, -0.2) is 23.5 Å². The van der Waals surface area contributed by atoms with Crippen molar-refractivity contribution in [3.8, 4) is 11.5 Å². The minimum Gasteiger partial charge on any atom is -0.490 e. The van der Waals surface area contributed by atoms with Gasteiger partial charge in [0.15, 0.2) is 11.2 Å². The van der Waals surface area contributed by atoms with Crippen molar-refractivity contribution in [2.45, 2.75) is 40.5 Å². The van der Waals surface area contributed by atoms with Crippen LogP contribution < -0.4 is 9.47 Å². The Labute approximate surface area is 163 Å². The number of nitrogens with zero attached hydrogens (tertiary/aromatic N) is 2. The molecule has 0 aliphatic rings. The zero-order chi connectivity index (χ0) is 19.7. The molecule has 0 bridgehead atoms. The lowest BCUT2D eigenvalue weighted by molar-refractivity contribution is 0.215. The van der Waals surface area contributed by atoms with Gasteiger partial charge in [-0.15, -0.1) is 0 Å². The van der Waals surface area contributed by atoms with Crippen molar-refractivity contribution in [1.82, 2.24) is 10.3 Å². The fraction of sp³-hybridized carbons (Fsp3) is 0.364. The van der Waals surface area contributed by atoms with Crippen LogP contribution in [0.2, 0.25) is 0 Å². The first-order valence-corrected chi connectivity index (χ1v) is 9.65. The molecule has 0 spiro atoms. The minimum atomic E-state index is 0.426. The van der Waals surface area contributed by atoms with E-state index in [2.05, 4.69) is 24.2 Å². The zero-order valence-electron chi connectivity index (χ0n) is 16.7. The Bertz CT molecular complexity index is 1040. The van der Waals surface area contributed by atoms with Crippen molar-refractivity contribution in [2.75, 3.05) is 13.2 Å². The van der Waals surface area contributed by atoms with Crippen molar-refractivity contribution < 1.29 is 18.5 Å². The minimum absolute atomic E-state index is 0.426. The molecule has 0 fully saturated rings. The Morgan fingerprint density at radius 1 is 0.714 bits per heavy atom. The number of ether oxygens (including phenoxy) is 2. The van der Waals surface area contributed by atoms with Crippen LogP contribution in [0, 0.1) is 13.8 Å². The summed E-state index contributed by atoms with van der Waals surface area (Å²) < 4.78 is 22.8. The van der Waals surface area contributed by atoms with Gasteiger partial charge in [-0.2, -0.15) is 0 Å². The van der Waals surface area contributed by atoms with Gasteiger partial charge in [-0.05, 0) is 51.0 Å². The van der Waals surface area contributed by atoms with Gasteiger partial charge in [0.05, 0.1) is 11.4 Å². The molecule has 28 heavy (non-hydrogen) atoms. The summed E-state index contributed by atoms with van der Waals surface area (Å²) >= 11 is 0. The molecule has 0 aliphatic heterocycles. The van der Waals surface area contributed by atoms with Crippen molar-refractivity contribution >= 4 is 21.9 Å². The van der Waals surface area contributed by atoms with E-state index in [-0.39, 0.29) is 0 Å². The van der Waals surface area contributed by atoms with E-state index >= 15 is 0 Å². The Morgan fingerprint density at radius 3 is 1.54 bits per heavy atom. The summed E-state index contributed by atoms with van der Waals surface area (Å²) in [6.07, 6.45) is 1.68. The smallest absolute Gasteiger partial charge is 0.173 e. The van der Waals surface area contributed by atoms with E-state index in [1.165, 1.54) is 0 Å². The highest BCUT2D eigenvalue weighted by Crippen LogP contribution is 2.31. The van der Waals surface area contributed by atoms with Gasteiger partial charge in [0.2, 0.25) is 0 Å². The first kappa shape index (κ1) is 18.3. The molecule has 2 heterocycles. The third kappa shape index (κ3) is 3.09. The second-order valence-corrected chi connectivity index (χ2v) is 6.79. The van der Waals surface area contributed by atoms with Gasteiger partial charge in [-0.1, -0.05) is 24.2 Å². The molecule has 6 heteroatoms. The van der Waals surface area contributed by atoms with E-state index in [0.717, 1.165) is 68.8 Å². The molecule has 0 radical (unpaired) electrons. The first-order chi connectivity index (χ1) is 13.6. The van der Waals surface area contributed by atoms with Crippen molar-refractivity contribution in [2.24, 2.45) is 0 Å². The average Bonchev–Trinajstić information content (AvgIpc) is 3.32. The Hall–Kier alpha value is -3.02. The molecule has 2 aromatic heterocycles. The van der Waals surface area contributed by atoms with Gasteiger partial charge in [0.25, 0.3) is 0 Å². The van der Waals surface area contributed by atoms with Crippen LogP contribution in [0.4, 0.5) is 0 Å². The number of hydrogen-bond acceptors (Lipinski definition) is 6. The van der Waals surface area contributed by atoms with E-state index in [9.17, 15) is 0 Å². The number of hydrogen-bond donors (Lipinski definition) is 0. The van der Waals surface area contributed by atoms with Crippen LogP contribution >= 0.6 is 0 Å². The molecule has 2 aromatic carbocycles. The van der Waals surface area contributed by atoms with Crippen molar-refractivity contribution in [3.63, 3.8) is 0 Å². The second-order valence-electron chi connectivity index (χ2n) is 6.79. The van der Waals surface area contributed by atoms with Crippen LogP contribution in [0.1, 0.15) is 36.4 Å². The van der Waals surface area contributed by atoms with Crippen molar-refractivity contribution in [1.29, 1.82) is 0 Å². The SMILES string of the molecule is CCc1noc2c(C)c(OCCOc3ccc4c(CC)noc4c3C)ccc12. The van der Waals surface area contributed by atoms with Crippen molar-refractivity contribution in [3.05, 3.63) is 46.8 Å². The third-order valence-corrected chi connectivity index (χ3v) is 5.10. The monoisotopic (exact) mass is 380 g/mol. The molecule has 4 rings (SSSR count). The molecular weight excluding hydrogens is 356 g/mol. The number of benzene rings is 2. The van der Waals surface area contributed by atoms with Crippen LogP contribution in [0.25, 0.3) is 21.9 Å². The van der Waals surface area contributed by atoms with Gasteiger partial charge in [-0.3, -0.25) is 0 Å². The maximum Gasteiger partial charge on any atom is 0.173 e. The highest BCUT2D eigenvalue weighted by molar-refractivity contribution is 5.85. The number of aromatic nitrogens is 2. The molecule has 0 atom stereocenters. The Morgan fingerprint density at radius 2 is 1.14 bits per heavy atom. The molecule has 0 aliphatic carbocycles. The van der Waals surface area contributed by atoms with E-state index < -0.39 is 0 Å². The fourth-order valence-electron chi connectivity index (χ4n) is 3.46. The number of rotatable bonds is 7. The van der Waals surface area contributed by atoms with Gasteiger partial charge < -0.3 is 18.5 Å². The standard InChI is InChI=1S/C22H24N2O4/c1-5-17-15-7-9-19(13(3)21(15)27-23-17)25-11-12-26-20-10-8-16-18(6-2)24-28-22(16)14(20)4/h7-10H,5-6,11-12H2,1-4H3. The summed E-state index contributed by atoms with van der Waals surface area (Å²) in [6.45, 7) is 8.95. The third-order valence-electron chi connectivity index (χ3n) is 5.10. The quantitative estimate of drug-likeness (QED) is 0.412. The number of aryl methyl sites for hydroxylation is 4. The van der Waals surface area contributed by atoms with Crippen LogP contribution in [-0.2, 0) is 12.8 Å². The van der Waals surface area contributed by atoms with Gasteiger partial charge >= 0.3 is 0 Å². The average molecular weight is 380 g/mol. The Kier molecular flexibility index (Phi) is 4.94. The highest BCUT2D eigenvalue weighted by Gasteiger charge is 2.14. The largest absolute Gasteiger partial charge is 0.490 e. The molecule has 6 nitrogen and oxygen atoms in total. The number of fused-ring (bicyclic) bond motifs is 2. The lowest BCUT2D eigenvalue weighted by Gasteiger charge is -2.12. The lowest BCUT2D eigenvalue weighted by Crippen LogP contribution is -2.10. The second kappa shape index (κ2) is 7.54. The predicted molar refractivity (Wildman–Crippen MR) is 107 cm³/mol.